The van der Waals surface area contributed by atoms with Crippen molar-refractivity contribution in [1.82, 2.24) is 0 Å². The van der Waals surface area contributed by atoms with Crippen molar-refractivity contribution < 1.29 is 19.8 Å². The summed E-state index contributed by atoms with van der Waals surface area (Å²) < 4.78 is 0. The van der Waals surface area contributed by atoms with Crippen LogP contribution in [0.1, 0.15) is 27.7 Å². The molecular formula is C13H30N2O4Si. The van der Waals surface area contributed by atoms with Crippen LogP contribution in [0.2, 0.25) is 19.6 Å². The van der Waals surface area contributed by atoms with E-state index in [1.165, 1.54) is 0 Å². The third-order valence-corrected chi connectivity index (χ3v) is 6.78. The minimum atomic E-state index is -1.86. The van der Waals surface area contributed by atoms with E-state index >= 15 is 0 Å². The van der Waals surface area contributed by atoms with E-state index in [9.17, 15) is 9.59 Å². The van der Waals surface area contributed by atoms with Crippen LogP contribution in [0.3, 0.4) is 0 Å². The number of carboxylic acids is 2. The smallest absolute Gasteiger partial charge is 0.320 e. The third-order valence-electron chi connectivity index (χ3n) is 3.51. The molecule has 0 spiro atoms. The zero-order chi connectivity index (χ0) is 16.9. The fourth-order valence-corrected chi connectivity index (χ4v) is 4.09. The maximum absolute atomic E-state index is 11.0. The van der Waals surface area contributed by atoms with Gasteiger partial charge in [-0.2, -0.15) is 0 Å². The number of nitrogens with two attached hydrogens (primary N) is 2. The standard InChI is InChI=1S/C8H19NO2Si.C5H11NO2/c1-6(2)8(9,7(10)11)12(3,4)5;1-3(2)4(6)5(7)8/h6H,9H2,1-5H3,(H,10,11);3-4H,6H2,1-2H3,(H,7,8)/t8-;4-/m10/s1. The van der Waals surface area contributed by atoms with Gasteiger partial charge in [-0.3, -0.25) is 9.59 Å². The molecule has 0 aromatic heterocycles. The summed E-state index contributed by atoms with van der Waals surface area (Å²) >= 11 is 0. The van der Waals surface area contributed by atoms with Gasteiger partial charge in [-0.25, -0.2) is 0 Å². The van der Waals surface area contributed by atoms with E-state index in [1.54, 1.807) is 13.8 Å². The molecule has 0 unspecified atom stereocenters. The van der Waals surface area contributed by atoms with E-state index in [4.69, 9.17) is 21.7 Å². The highest BCUT2D eigenvalue weighted by molar-refractivity contribution is 6.82. The van der Waals surface area contributed by atoms with Gasteiger partial charge in [0, 0.05) is 0 Å². The summed E-state index contributed by atoms with van der Waals surface area (Å²) in [7, 11) is -1.86. The largest absolute Gasteiger partial charge is 0.480 e. The van der Waals surface area contributed by atoms with Crippen LogP contribution in [0, 0.1) is 11.8 Å². The number of carboxylic acid groups (broad SMARTS) is 2. The maximum atomic E-state index is 11.0. The van der Waals surface area contributed by atoms with E-state index in [2.05, 4.69) is 0 Å². The first-order valence-electron chi connectivity index (χ1n) is 6.70. The molecule has 6 N–H and O–H groups in total. The average Bonchev–Trinajstić information content (AvgIpc) is 2.25. The third kappa shape index (κ3) is 5.60. The SMILES string of the molecule is CC(C)[C@H](N)C(=O)O.CC(C)[C@](N)(C(=O)O)[Si](C)(C)C. The summed E-state index contributed by atoms with van der Waals surface area (Å²) in [4.78, 5) is 21.0. The summed E-state index contributed by atoms with van der Waals surface area (Å²) in [6.07, 6.45) is 0. The predicted molar refractivity (Wildman–Crippen MR) is 83.2 cm³/mol. The van der Waals surface area contributed by atoms with Crippen molar-refractivity contribution in [1.29, 1.82) is 0 Å². The lowest BCUT2D eigenvalue weighted by Gasteiger charge is -2.39. The number of hydrogen-bond acceptors (Lipinski definition) is 4. The van der Waals surface area contributed by atoms with E-state index in [0.29, 0.717) is 0 Å². The van der Waals surface area contributed by atoms with Gasteiger partial charge in [0.1, 0.15) is 11.2 Å². The summed E-state index contributed by atoms with van der Waals surface area (Å²) in [6, 6.07) is -0.713. The second-order valence-corrected chi connectivity index (χ2v) is 12.0. The molecule has 0 rings (SSSR count). The molecule has 2 atom stereocenters. The van der Waals surface area contributed by atoms with E-state index in [-0.39, 0.29) is 11.8 Å². The average molecular weight is 306 g/mol. The fourth-order valence-electron chi connectivity index (χ4n) is 1.72. The molecule has 6 nitrogen and oxygen atoms in total. The lowest BCUT2D eigenvalue weighted by Crippen LogP contribution is -2.67. The molecule has 0 amide bonds. The van der Waals surface area contributed by atoms with Crippen LogP contribution in [0.15, 0.2) is 0 Å². The van der Waals surface area contributed by atoms with Crippen molar-refractivity contribution in [3.05, 3.63) is 0 Å². The molecule has 0 fully saturated rings. The van der Waals surface area contributed by atoms with Gasteiger partial charge in [0.05, 0.1) is 8.07 Å². The Morgan fingerprint density at radius 1 is 1.05 bits per heavy atom. The quantitative estimate of drug-likeness (QED) is 0.568. The predicted octanol–water partition coefficient (Wildman–Crippen LogP) is 1.36. The van der Waals surface area contributed by atoms with Crippen LogP contribution in [0.25, 0.3) is 0 Å². The summed E-state index contributed by atoms with van der Waals surface area (Å²) in [5, 5.41) is 16.3. The lowest BCUT2D eigenvalue weighted by atomic mass is 10.1. The summed E-state index contributed by atoms with van der Waals surface area (Å²) in [5.41, 5.74) is 11.1. The van der Waals surface area contributed by atoms with Crippen molar-refractivity contribution >= 4 is 20.0 Å². The maximum Gasteiger partial charge on any atom is 0.320 e. The Kier molecular flexibility index (Phi) is 8.29. The molecule has 0 aromatic rings. The van der Waals surface area contributed by atoms with Gasteiger partial charge in [-0.15, -0.1) is 0 Å². The first kappa shape index (κ1) is 21.4. The first-order valence-corrected chi connectivity index (χ1v) is 10.2. The topological polar surface area (TPSA) is 127 Å². The molecule has 0 aliphatic carbocycles. The molecule has 0 saturated carbocycles. The fraction of sp³-hybridized carbons (Fsp3) is 0.846. The monoisotopic (exact) mass is 306 g/mol. The number of carbonyl (C=O) groups is 2. The van der Waals surface area contributed by atoms with E-state index in [0.717, 1.165) is 0 Å². The van der Waals surface area contributed by atoms with Gasteiger partial charge in [0.2, 0.25) is 0 Å². The van der Waals surface area contributed by atoms with E-state index < -0.39 is 31.2 Å². The van der Waals surface area contributed by atoms with Crippen LogP contribution in [0.5, 0.6) is 0 Å². The molecular weight excluding hydrogens is 276 g/mol. The van der Waals surface area contributed by atoms with Crippen molar-refractivity contribution in [3.63, 3.8) is 0 Å². The van der Waals surface area contributed by atoms with Crippen molar-refractivity contribution in [2.75, 3.05) is 0 Å². The van der Waals surface area contributed by atoms with Crippen LogP contribution in [-0.2, 0) is 9.59 Å². The molecule has 0 aliphatic rings. The first-order chi connectivity index (χ1) is 8.69. The molecule has 0 aliphatic heterocycles. The van der Waals surface area contributed by atoms with E-state index in [1.807, 2.05) is 33.5 Å². The minimum absolute atomic E-state index is 0.0123. The molecule has 0 radical (unpaired) electrons. The number of rotatable bonds is 5. The molecule has 20 heavy (non-hydrogen) atoms. The Morgan fingerprint density at radius 3 is 1.40 bits per heavy atom. The molecule has 0 heterocycles. The second-order valence-electron chi connectivity index (χ2n) is 6.69. The van der Waals surface area contributed by atoms with Crippen LogP contribution in [0.4, 0.5) is 0 Å². The van der Waals surface area contributed by atoms with Gasteiger partial charge in [0.15, 0.2) is 0 Å². The molecule has 0 saturated heterocycles. The second kappa shape index (κ2) is 7.75. The van der Waals surface area contributed by atoms with Gasteiger partial charge in [0.25, 0.3) is 0 Å². The van der Waals surface area contributed by atoms with Crippen molar-refractivity contribution in [2.24, 2.45) is 23.3 Å². The van der Waals surface area contributed by atoms with Gasteiger partial charge < -0.3 is 21.7 Å². The summed E-state index contributed by atoms with van der Waals surface area (Å²) in [5.74, 6) is -1.79. The zero-order valence-electron chi connectivity index (χ0n) is 13.6. The Bertz CT molecular complexity index is 340. The van der Waals surface area contributed by atoms with Crippen LogP contribution < -0.4 is 11.5 Å². The molecule has 120 valence electrons. The van der Waals surface area contributed by atoms with Crippen molar-refractivity contribution in [3.8, 4) is 0 Å². The molecule has 7 heteroatoms. The Balaban J connectivity index is 0. The van der Waals surface area contributed by atoms with Crippen molar-refractivity contribution in [2.45, 2.75) is 58.5 Å². The normalized spacial score (nSPS) is 16.1. The summed E-state index contributed by atoms with van der Waals surface area (Å²) in [6.45, 7) is 13.2. The Labute approximate surface area is 122 Å². The molecule has 0 bridgehead atoms. The Morgan fingerprint density at radius 2 is 1.40 bits per heavy atom. The lowest BCUT2D eigenvalue weighted by molar-refractivity contribution is -0.142. The highest BCUT2D eigenvalue weighted by Crippen LogP contribution is 2.26. The highest BCUT2D eigenvalue weighted by atomic mass is 28.3. The molecule has 0 aromatic carbocycles. The highest BCUT2D eigenvalue weighted by Gasteiger charge is 2.48. The number of aliphatic carboxylic acids is 2. The van der Waals surface area contributed by atoms with Gasteiger partial charge in [-0.05, 0) is 11.8 Å². The van der Waals surface area contributed by atoms with Crippen LogP contribution in [-0.4, -0.2) is 41.4 Å². The van der Waals surface area contributed by atoms with Crippen LogP contribution >= 0.6 is 0 Å². The minimum Gasteiger partial charge on any atom is -0.480 e. The number of hydrogen-bond donors (Lipinski definition) is 4. The van der Waals surface area contributed by atoms with Gasteiger partial charge in [-0.1, -0.05) is 47.3 Å². The van der Waals surface area contributed by atoms with Gasteiger partial charge >= 0.3 is 11.9 Å². The Hall–Kier alpha value is -0.923. The zero-order valence-corrected chi connectivity index (χ0v) is 14.6.